The van der Waals surface area contributed by atoms with Gasteiger partial charge in [0.2, 0.25) is 0 Å². The van der Waals surface area contributed by atoms with Crippen LogP contribution in [-0.4, -0.2) is 47.8 Å². The first-order valence-corrected chi connectivity index (χ1v) is 22.9. The summed E-state index contributed by atoms with van der Waals surface area (Å²) in [5.41, 5.74) is -2.59. The van der Waals surface area contributed by atoms with Crippen LogP contribution in [0.3, 0.4) is 0 Å². The van der Waals surface area contributed by atoms with Crippen LogP contribution in [0.1, 0.15) is 263 Å². The second kappa shape index (κ2) is 40.1. The summed E-state index contributed by atoms with van der Waals surface area (Å²) in [4.78, 5) is 42.7. The standard InChI is InChI=1S/4C12H24O2.Sn/c4*1-4-5-6-7-8-9-10-12(2,3)11(13)14;/h4*4-10H2,1-3H3,(H,13,14);/q;;;;+4/p-4. The predicted octanol–water partition coefficient (Wildman–Crippen LogP) is 9.67. The van der Waals surface area contributed by atoms with Crippen molar-refractivity contribution in [2.75, 3.05) is 0 Å². The van der Waals surface area contributed by atoms with E-state index in [4.69, 9.17) is 0 Å². The van der Waals surface area contributed by atoms with Crippen molar-refractivity contribution in [3.05, 3.63) is 0 Å². The van der Waals surface area contributed by atoms with Crippen LogP contribution in [0.2, 0.25) is 0 Å². The Balaban J connectivity index is -0.000000210. The second-order valence-electron chi connectivity index (χ2n) is 18.8. The van der Waals surface area contributed by atoms with E-state index in [1.807, 2.05) is 0 Å². The van der Waals surface area contributed by atoms with Crippen LogP contribution >= 0.6 is 0 Å². The average molecular weight is 916 g/mol. The molecule has 0 aliphatic rings. The fourth-order valence-corrected chi connectivity index (χ4v) is 5.80. The maximum absolute atomic E-state index is 10.7. The molecule has 8 nitrogen and oxygen atoms in total. The van der Waals surface area contributed by atoms with Gasteiger partial charge in [-0.25, -0.2) is 0 Å². The molecule has 0 unspecified atom stereocenters. The molecule has 0 amide bonds. The van der Waals surface area contributed by atoms with E-state index in [1.54, 1.807) is 55.4 Å². The Morgan fingerprint density at radius 1 is 0.281 bits per heavy atom. The Morgan fingerprint density at radius 3 is 0.526 bits per heavy atom. The van der Waals surface area contributed by atoms with Gasteiger partial charge in [-0.1, -0.05) is 237 Å². The van der Waals surface area contributed by atoms with Crippen LogP contribution in [0.4, 0.5) is 0 Å². The molecule has 0 rings (SSSR count). The van der Waals surface area contributed by atoms with Crippen LogP contribution in [-0.2, 0) is 19.2 Å². The van der Waals surface area contributed by atoms with Gasteiger partial charge in [-0.3, -0.25) is 0 Å². The number of unbranched alkanes of at least 4 members (excludes halogenated alkanes) is 20. The molecule has 0 aliphatic heterocycles. The minimum Gasteiger partial charge on any atom is -0.550 e. The van der Waals surface area contributed by atoms with E-state index in [-0.39, 0.29) is 23.9 Å². The molecule has 0 bridgehead atoms. The summed E-state index contributed by atoms with van der Waals surface area (Å²) in [6, 6.07) is 0. The van der Waals surface area contributed by atoms with Crippen molar-refractivity contribution in [2.45, 2.75) is 263 Å². The molecule has 0 atom stereocenters. The molecular weight excluding hydrogens is 823 g/mol. The minimum absolute atomic E-state index is 0. The van der Waals surface area contributed by atoms with Crippen LogP contribution in [0.15, 0.2) is 0 Å². The number of aliphatic carboxylic acids is 4. The smallest absolute Gasteiger partial charge is 0.550 e. The van der Waals surface area contributed by atoms with Gasteiger partial charge in [-0.05, 0) is 25.7 Å². The van der Waals surface area contributed by atoms with Crippen molar-refractivity contribution in [3.8, 4) is 0 Å². The van der Waals surface area contributed by atoms with Crippen LogP contribution in [0, 0.1) is 21.7 Å². The van der Waals surface area contributed by atoms with Crippen molar-refractivity contribution < 1.29 is 39.6 Å². The minimum atomic E-state index is -0.925. The summed E-state index contributed by atoms with van der Waals surface area (Å²) in [5, 5.41) is 42.7. The van der Waals surface area contributed by atoms with E-state index in [2.05, 4.69) is 27.7 Å². The normalized spacial score (nSPS) is 11.4. The summed E-state index contributed by atoms with van der Waals surface area (Å²) in [6.07, 6.45) is 31.8. The molecule has 0 spiro atoms. The molecular formula is C48H92O8Sn. The average Bonchev–Trinajstić information content (AvgIpc) is 3.11. The van der Waals surface area contributed by atoms with Crippen molar-refractivity contribution >= 4 is 47.8 Å². The molecule has 9 heteroatoms. The van der Waals surface area contributed by atoms with Crippen LogP contribution in [0.25, 0.3) is 0 Å². The van der Waals surface area contributed by atoms with Crippen LogP contribution < -0.4 is 20.4 Å². The molecule has 0 aliphatic carbocycles. The molecule has 336 valence electrons. The summed E-state index contributed by atoms with van der Waals surface area (Å²) >= 11 is 0. The SMILES string of the molecule is CCCCCCCCC(C)(C)C(=O)[O-].CCCCCCCCC(C)(C)C(=O)[O-].CCCCCCCCC(C)(C)C(=O)[O-].CCCCCCCCC(C)(C)C(=O)[O-].[Sn+4]. The van der Waals surface area contributed by atoms with Gasteiger partial charge in [0.15, 0.2) is 0 Å². The molecule has 0 saturated heterocycles. The van der Waals surface area contributed by atoms with Crippen molar-refractivity contribution in [3.63, 3.8) is 0 Å². The summed E-state index contributed by atoms with van der Waals surface area (Å²) in [5.74, 6) is -3.70. The van der Waals surface area contributed by atoms with Gasteiger partial charge in [-0.2, -0.15) is 0 Å². The molecule has 0 radical (unpaired) electrons. The monoisotopic (exact) mass is 917 g/mol. The van der Waals surface area contributed by atoms with Gasteiger partial charge < -0.3 is 39.6 Å². The van der Waals surface area contributed by atoms with Gasteiger partial charge in [-0.15, -0.1) is 0 Å². The number of hydrogen-bond donors (Lipinski definition) is 0. The Hall–Kier alpha value is -1.32. The zero-order chi connectivity index (χ0) is 44.1. The zero-order valence-corrected chi connectivity index (χ0v) is 42.4. The molecule has 0 heterocycles. The molecule has 0 aromatic heterocycles. The van der Waals surface area contributed by atoms with Gasteiger partial charge >= 0.3 is 23.9 Å². The van der Waals surface area contributed by atoms with E-state index in [1.165, 1.54) is 103 Å². The van der Waals surface area contributed by atoms with Crippen molar-refractivity contribution in [1.29, 1.82) is 0 Å². The Morgan fingerprint density at radius 2 is 0.404 bits per heavy atom. The first-order valence-electron chi connectivity index (χ1n) is 22.9. The van der Waals surface area contributed by atoms with E-state index < -0.39 is 45.5 Å². The number of carboxylic acids is 4. The quantitative estimate of drug-likeness (QED) is 0.0476. The van der Waals surface area contributed by atoms with E-state index in [9.17, 15) is 39.6 Å². The maximum atomic E-state index is 10.7. The largest absolute Gasteiger partial charge is 4.00 e. The molecule has 0 aromatic carbocycles. The molecule has 0 fully saturated rings. The maximum Gasteiger partial charge on any atom is 4.00 e. The number of carbonyl (C=O) groups is 4. The second-order valence-corrected chi connectivity index (χ2v) is 18.8. The van der Waals surface area contributed by atoms with Gasteiger partial charge in [0, 0.05) is 45.5 Å². The number of rotatable bonds is 32. The third-order valence-electron chi connectivity index (χ3n) is 10.8. The molecule has 57 heavy (non-hydrogen) atoms. The number of hydrogen-bond acceptors (Lipinski definition) is 8. The van der Waals surface area contributed by atoms with Crippen LogP contribution in [0.5, 0.6) is 0 Å². The van der Waals surface area contributed by atoms with Crippen molar-refractivity contribution in [1.82, 2.24) is 0 Å². The first kappa shape index (κ1) is 64.8. The Kier molecular flexibility index (Phi) is 45.6. The molecule has 0 aromatic rings. The third-order valence-corrected chi connectivity index (χ3v) is 10.8. The summed E-state index contributed by atoms with van der Waals surface area (Å²) in [7, 11) is 0. The topological polar surface area (TPSA) is 161 Å². The fraction of sp³-hybridized carbons (Fsp3) is 0.917. The Bertz CT molecular complexity index is 806. The molecule has 0 N–H and O–H groups in total. The van der Waals surface area contributed by atoms with E-state index >= 15 is 0 Å². The number of carbonyl (C=O) groups excluding carboxylic acids is 4. The van der Waals surface area contributed by atoms with Gasteiger partial charge in [0.25, 0.3) is 0 Å². The number of carboxylic acid groups (broad SMARTS) is 4. The van der Waals surface area contributed by atoms with Gasteiger partial charge in [0.1, 0.15) is 0 Å². The third kappa shape index (κ3) is 44.1. The predicted molar refractivity (Wildman–Crippen MR) is 233 cm³/mol. The Labute approximate surface area is 370 Å². The zero-order valence-electron chi connectivity index (χ0n) is 39.6. The molecule has 0 saturated carbocycles. The summed E-state index contributed by atoms with van der Waals surface area (Å²) in [6.45, 7) is 22.7. The first-order chi connectivity index (χ1) is 26.0. The fourth-order valence-electron chi connectivity index (χ4n) is 5.80. The van der Waals surface area contributed by atoms with E-state index in [0.29, 0.717) is 0 Å². The summed E-state index contributed by atoms with van der Waals surface area (Å²) < 4.78 is 0. The van der Waals surface area contributed by atoms with E-state index in [0.717, 1.165) is 77.0 Å². The van der Waals surface area contributed by atoms with Gasteiger partial charge in [0.05, 0.1) is 0 Å². The van der Waals surface area contributed by atoms with Crippen molar-refractivity contribution in [2.24, 2.45) is 21.7 Å².